The zero-order valence-corrected chi connectivity index (χ0v) is 12.7. The summed E-state index contributed by atoms with van der Waals surface area (Å²) in [4.78, 5) is 12.1. The van der Waals surface area contributed by atoms with Gasteiger partial charge in [-0.3, -0.25) is 4.79 Å². The van der Waals surface area contributed by atoms with Crippen LogP contribution in [0.15, 0.2) is 18.2 Å². The molecule has 0 aromatic heterocycles. The lowest BCUT2D eigenvalue weighted by Crippen LogP contribution is -2.48. The summed E-state index contributed by atoms with van der Waals surface area (Å²) in [5, 5.41) is 7.86. The number of fused-ring (bicyclic) bond motifs is 2. The molecule has 0 saturated carbocycles. The van der Waals surface area contributed by atoms with Crippen LogP contribution in [0.3, 0.4) is 0 Å². The van der Waals surface area contributed by atoms with Crippen LogP contribution in [-0.2, 0) is 11.2 Å². The number of piperidine rings is 1. The number of halogens is 2. The van der Waals surface area contributed by atoms with Gasteiger partial charge in [-0.15, -0.1) is 0 Å². The summed E-state index contributed by atoms with van der Waals surface area (Å²) in [6.07, 6.45) is 4.86. The fourth-order valence-electron chi connectivity index (χ4n) is 3.29. The van der Waals surface area contributed by atoms with Gasteiger partial charge in [0.05, 0.1) is 6.42 Å². The van der Waals surface area contributed by atoms with Crippen LogP contribution in [0.1, 0.15) is 31.2 Å². The van der Waals surface area contributed by atoms with Crippen molar-refractivity contribution in [2.45, 2.75) is 50.2 Å². The van der Waals surface area contributed by atoms with Gasteiger partial charge in [-0.1, -0.05) is 29.3 Å². The second-order valence-corrected chi connectivity index (χ2v) is 6.63. The predicted molar refractivity (Wildman–Crippen MR) is 81.3 cm³/mol. The third-order valence-electron chi connectivity index (χ3n) is 4.20. The Balaban J connectivity index is 1.57. The summed E-state index contributed by atoms with van der Waals surface area (Å²) in [5.41, 5.74) is 0.825. The van der Waals surface area contributed by atoms with E-state index in [2.05, 4.69) is 10.6 Å². The molecule has 3 rings (SSSR count). The number of carbonyl (C=O) groups excluding carboxylic acids is 1. The van der Waals surface area contributed by atoms with Gasteiger partial charge in [-0.2, -0.15) is 0 Å². The molecule has 2 atom stereocenters. The zero-order valence-electron chi connectivity index (χ0n) is 11.2. The number of hydrogen-bond donors (Lipinski definition) is 2. The van der Waals surface area contributed by atoms with E-state index in [-0.39, 0.29) is 5.91 Å². The van der Waals surface area contributed by atoms with Crippen molar-refractivity contribution in [2.24, 2.45) is 0 Å². The van der Waals surface area contributed by atoms with Crippen molar-refractivity contribution in [2.75, 3.05) is 0 Å². The molecule has 2 aliphatic rings. The van der Waals surface area contributed by atoms with E-state index in [9.17, 15) is 4.79 Å². The Kier molecular flexibility index (Phi) is 4.20. The summed E-state index contributed by atoms with van der Waals surface area (Å²) < 4.78 is 0. The number of rotatable bonds is 3. The number of amides is 1. The van der Waals surface area contributed by atoms with Crippen molar-refractivity contribution < 1.29 is 4.79 Å². The first-order valence-electron chi connectivity index (χ1n) is 7.09. The average molecular weight is 313 g/mol. The highest BCUT2D eigenvalue weighted by atomic mass is 35.5. The second kappa shape index (κ2) is 5.92. The standard InChI is InChI=1S/C15H18Cl2N2O/c16-10-2-1-9(14(17)6-10)5-15(20)19-13-7-11-3-4-12(8-13)18-11/h1-2,6,11-13,18H,3-5,7-8H2,(H,19,20). The average Bonchev–Trinajstić information content (AvgIpc) is 2.72. The van der Waals surface area contributed by atoms with Gasteiger partial charge in [0.1, 0.15) is 0 Å². The molecule has 2 aliphatic heterocycles. The van der Waals surface area contributed by atoms with E-state index < -0.39 is 0 Å². The molecular weight excluding hydrogens is 295 g/mol. The van der Waals surface area contributed by atoms with Crippen molar-refractivity contribution in [3.05, 3.63) is 33.8 Å². The minimum absolute atomic E-state index is 0.0422. The third kappa shape index (κ3) is 3.27. The predicted octanol–water partition coefficient (Wildman–Crippen LogP) is 2.94. The molecule has 0 spiro atoms. The van der Waals surface area contributed by atoms with Gasteiger partial charge in [0.15, 0.2) is 0 Å². The number of hydrogen-bond acceptors (Lipinski definition) is 2. The molecular formula is C15H18Cl2N2O. The Labute approximate surface area is 129 Å². The molecule has 20 heavy (non-hydrogen) atoms. The van der Waals surface area contributed by atoms with Crippen LogP contribution in [-0.4, -0.2) is 24.0 Å². The topological polar surface area (TPSA) is 41.1 Å². The first kappa shape index (κ1) is 14.2. The summed E-state index contributed by atoms with van der Waals surface area (Å²) in [5.74, 6) is 0.0422. The highest BCUT2D eigenvalue weighted by molar-refractivity contribution is 6.35. The molecule has 2 bridgehead atoms. The van der Waals surface area contributed by atoms with Crippen molar-refractivity contribution in [1.29, 1.82) is 0 Å². The van der Waals surface area contributed by atoms with E-state index in [0.717, 1.165) is 18.4 Å². The van der Waals surface area contributed by atoms with E-state index >= 15 is 0 Å². The van der Waals surface area contributed by atoms with E-state index in [1.165, 1.54) is 12.8 Å². The quantitative estimate of drug-likeness (QED) is 0.901. The van der Waals surface area contributed by atoms with Gasteiger partial charge in [0.25, 0.3) is 0 Å². The maximum absolute atomic E-state index is 12.1. The molecule has 3 nitrogen and oxygen atoms in total. The molecule has 1 aromatic carbocycles. The SMILES string of the molecule is O=C(Cc1ccc(Cl)cc1Cl)NC1CC2CCC(C1)N2. The molecule has 2 unspecified atom stereocenters. The Bertz CT molecular complexity index is 509. The summed E-state index contributed by atoms with van der Waals surface area (Å²) in [7, 11) is 0. The van der Waals surface area contributed by atoms with Gasteiger partial charge in [-0.05, 0) is 43.4 Å². The lowest BCUT2D eigenvalue weighted by Gasteiger charge is -2.29. The Morgan fingerprint density at radius 3 is 2.60 bits per heavy atom. The van der Waals surface area contributed by atoms with E-state index in [0.29, 0.717) is 34.6 Å². The summed E-state index contributed by atoms with van der Waals surface area (Å²) in [6.45, 7) is 0. The minimum atomic E-state index is 0.0422. The summed E-state index contributed by atoms with van der Waals surface area (Å²) >= 11 is 12.0. The smallest absolute Gasteiger partial charge is 0.224 e. The first-order chi connectivity index (χ1) is 9.60. The highest BCUT2D eigenvalue weighted by Gasteiger charge is 2.33. The first-order valence-corrected chi connectivity index (χ1v) is 7.85. The van der Waals surface area contributed by atoms with Gasteiger partial charge in [-0.25, -0.2) is 0 Å². The fraction of sp³-hybridized carbons (Fsp3) is 0.533. The van der Waals surface area contributed by atoms with Crippen molar-refractivity contribution in [3.8, 4) is 0 Å². The summed E-state index contributed by atoms with van der Waals surface area (Å²) in [6, 6.07) is 6.72. The van der Waals surface area contributed by atoms with Crippen LogP contribution in [0.2, 0.25) is 10.0 Å². The Hall–Kier alpha value is -0.770. The van der Waals surface area contributed by atoms with Crippen LogP contribution >= 0.6 is 23.2 Å². The lowest BCUT2D eigenvalue weighted by atomic mass is 9.99. The van der Waals surface area contributed by atoms with E-state index in [1.54, 1.807) is 12.1 Å². The number of benzene rings is 1. The molecule has 2 heterocycles. The molecule has 2 saturated heterocycles. The largest absolute Gasteiger partial charge is 0.353 e. The van der Waals surface area contributed by atoms with E-state index in [1.807, 2.05) is 6.07 Å². The van der Waals surface area contributed by atoms with Crippen LogP contribution in [0.5, 0.6) is 0 Å². The second-order valence-electron chi connectivity index (χ2n) is 5.79. The van der Waals surface area contributed by atoms with Gasteiger partial charge < -0.3 is 10.6 Å². The highest BCUT2D eigenvalue weighted by Crippen LogP contribution is 2.27. The molecule has 2 N–H and O–H groups in total. The van der Waals surface area contributed by atoms with Crippen molar-refractivity contribution >= 4 is 29.1 Å². The molecule has 1 amide bonds. The Morgan fingerprint density at radius 2 is 1.95 bits per heavy atom. The third-order valence-corrected chi connectivity index (χ3v) is 4.79. The van der Waals surface area contributed by atoms with Crippen LogP contribution in [0, 0.1) is 0 Å². The fourth-order valence-corrected chi connectivity index (χ4v) is 3.77. The lowest BCUT2D eigenvalue weighted by molar-refractivity contribution is -0.121. The molecule has 0 radical (unpaired) electrons. The van der Waals surface area contributed by atoms with Gasteiger partial charge >= 0.3 is 0 Å². The molecule has 2 fully saturated rings. The molecule has 108 valence electrons. The van der Waals surface area contributed by atoms with Crippen LogP contribution in [0.4, 0.5) is 0 Å². The van der Waals surface area contributed by atoms with Gasteiger partial charge in [0, 0.05) is 28.2 Å². The normalized spacial score (nSPS) is 28.4. The minimum Gasteiger partial charge on any atom is -0.353 e. The maximum Gasteiger partial charge on any atom is 0.224 e. The van der Waals surface area contributed by atoms with Crippen molar-refractivity contribution in [3.63, 3.8) is 0 Å². The van der Waals surface area contributed by atoms with E-state index in [4.69, 9.17) is 23.2 Å². The molecule has 5 heteroatoms. The van der Waals surface area contributed by atoms with Crippen molar-refractivity contribution in [1.82, 2.24) is 10.6 Å². The molecule has 0 aliphatic carbocycles. The number of nitrogens with one attached hydrogen (secondary N) is 2. The Morgan fingerprint density at radius 1 is 1.25 bits per heavy atom. The zero-order chi connectivity index (χ0) is 14.1. The van der Waals surface area contributed by atoms with Crippen LogP contribution < -0.4 is 10.6 Å². The number of carbonyl (C=O) groups is 1. The van der Waals surface area contributed by atoms with Gasteiger partial charge in [0.2, 0.25) is 5.91 Å². The molecule has 1 aromatic rings. The van der Waals surface area contributed by atoms with Crippen LogP contribution in [0.25, 0.3) is 0 Å². The monoisotopic (exact) mass is 312 g/mol. The maximum atomic E-state index is 12.1.